The van der Waals surface area contributed by atoms with Crippen molar-refractivity contribution >= 4 is 5.91 Å². The number of carbonyl (C=O) groups is 1. The van der Waals surface area contributed by atoms with Crippen molar-refractivity contribution in [2.24, 2.45) is 0 Å². The van der Waals surface area contributed by atoms with Gasteiger partial charge in [0.05, 0.1) is 0 Å². The van der Waals surface area contributed by atoms with E-state index in [9.17, 15) is 4.79 Å². The lowest BCUT2D eigenvalue weighted by molar-refractivity contribution is -0.129. The van der Waals surface area contributed by atoms with Gasteiger partial charge in [0.25, 0.3) is 0 Å². The van der Waals surface area contributed by atoms with E-state index in [0.717, 1.165) is 25.8 Å². The van der Waals surface area contributed by atoms with Crippen molar-refractivity contribution in [2.45, 2.75) is 44.7 Å². The third-order valence-electron chi connectivity index (χ3n) is 4.00. The third-order valence-corrected chi connectivity index (χ3v) is 4.00. The summed E-state index contributed by atoms with van der Waals surface area (Å²) in [6.07, 6.45) is 2.93. The van der Waals surface area contributed by atoms with Crippen molar-refractivity contribution in [1.82, 2.24) is 4.90 Å². The van der Waals surface area contributed by atoms with Crippen LogP contribution in [0.5, 0.6) is 0 Å². The Kier molecular flexibility index (Phi) is 2.23. The molecule has 0 saturated carbocycles. The smallest absolute Gasteiger partial charge is 0.223 e. The molecule has 0 N–H and O–H groups in total. The lowest BCUT2D eigenvalue weighted by Gasteiger charge is -2.22. The van der Waals surface area contributed by atoms with Crippen LogP contribution in [-0.4, -0.2) is 16.8 Å². The Hall–Kier alpha value is -1.31. The molecule has 2 atom stereocenters. The van der Waals surface area contributed by atoms with Gasteiger partial charge in [0.15, 0.2) is 0 Å². The molecule has 84 valence electrons. The minimum absolute atomic E-state index is 0.342. The van der Waals surface area contributed by atoms with E-state index in [-0.39, 0.29) is 0 Å². The Morgan fingerprint density at radius 1 is 1.31 bits per heavy atom. The highest BCUT2D eigenvalue weighted by Gasteiger charge is 2.34. The molecule has 1 amide bonds. The predicted octanol–water partition coefficient (Wildman–Crippen LogP) is 2.68. The average molecular weight is 215 g/mol. The number of nitrogens with zero attached hydrogens (tertiary/aromatic N) is 1. The van der Waals surface area contributed by atoms with Gasteiger partial charge in [0.1, 0.15) is 0 Å². The van der Waals surface area contributed by atoms with Crippen LogP contribution in [0, 0.1) is 0 Å². The summed E-state index contributed by atoms with van der Waals surface area (Å²) in [4.78, 5) is 13.9. The van der Waals surface area contributed by atoms with E-state index >= 15 is 0 Å². The highest BCUT2D eigenvalue weighted by Crippen LogP contribution is 2.35. The molecule has 2 heteroatoms. The predicted molar refractivity (Wildman–Crippen MR) is 63.0 cm³/mol. The standard InChI is InChI=1S/C14H17NO/c1-10-8-12-6-7-14(16)15(12)9-11-4-2-3-5-13(10)11/h2-5,10,12H,6-9H2,1H3/t10-,12+/m0/s1. The Morgan fingerprint density at radius 3 is 3.00 bits per heavy atom. The Labute approximate surface area is 96.3 Å². The van der Waals surface area contributed by atoms with Crippen LogP contribution in [0.4, 0.5) is 0 Å². The van der Waals surface area contributed by atoms with Gasteiger partial charge in [-0.2, -0.15) is 0 Å². The largest absolute Gasteiger partial charge is 0.335 e. The molecule has 0 unspecified atom stereocenters. The first-order valence-electron chi connectivity index (χ1n) is 6.13. The molecule has 0 aliphatic carbocycles. The SMILES string of the molecule is C[C@H]1C[C@H]2CCC(=O)N2Cc2ccccc21. The molecule has 2 aliphatic rings. The topological polar surface area (TPSA) is 20.3 Å². The molecule has 3 rings (SSSR count). The molecular weight excluding hydrogens is 198 g/mol. The van der Waals surface area contributed by atoms with E-state index in [2.05, 4.69) is 36.1 Å². The van der Waals surface area contributed by atoms with E-state index in [1.54, 1.807) is 0 Å². The van der Waals surface area contributed by atoms with Crippen molar-refractivity contribution in [1.29, 1.82) is 0 Å². The van der Waals surface area contributed by atoms with Crippen LogP contribution in [-0.2, 0) is 11.3 Å². The highest BCUT2D eigenvalue weighted by molar-refractivity contribution is 5.79. The van der Waals surface area contributed by atoms with Gasteiger partial charge in [-0.3, -0.25) is 4.79 Å². The maximum atomic E-state index is 11.8. The van der Waals surface area contributed by atoms with Gasteiger partial charge in [-0.25, -0.2) is 0 Å². The fourth-order valence-corrected chi connectivity index (χ4v) is 3.13. The number of fused-ring (bicyclic) bond motifs is 2. The summed E-state index contributed by atoms with van der Waals surface area (Å²) in [7, 11) is 0. The van der Waals surface area contributed by atoms with Crippen molar-refractivity contribution in [3.8, 4) is 0 Å². The molecule has 2 aliphatic heterocycles. The molecule has 1 fully saturated rings. The Balaban J connectivity index is 2.01. The number of carbonyl (C=O) groups excluding carboxylic acids is 1. The zero-order valence-corrected chi connectivity index (χ0v) is 9.65. The Morgan fingerprint density at radius 2 is 2.12 bits per heavy atom. The molecule has 1 aromatic carbocycles. The van der Waals surface area contributed by atoms with E-state index in [1.165, 1.54) is 11.1 Å². The summed E-state index contributed by atoms with van der Waals surface area (Å²) in [5, 5.41) is 0. The summed E-state index contributed by atoms with van der Waals surface area (Å²) in [5.74, 6) is 0.922. The first-order valence-corrected chi connectivity index (χ1v) is 6.13. The van der Waals surface area contributed by atoms with Crippen LogP contribution < -0.4 is 0 Å². The molecule has 16 heavy (non-hydrogen) atoms. The summed E-state index contributed by atoms with van der Waals surface area (Å²) in [6.45, 7) is 3.11. The van der Waals surface area contributed by atoms with Crippen LogP contribution >= 0.6 is 0 Å². The fourth-order valence-electron chi connectivity index (χ4n) is 3.13. The van der Waals surface area contributed by atoms with Gasteiger partial charge in [-0.05, 0) is 29.9 Å². The molecule has 1 aromatic rings. The number of hydrogen-bond donors (Lipinski definition) is 0. The van der Waals surface area contributed by atoms with Crippen LogP contribution in [0.2, 0.25) is 0 Å². The quantitative estimate of drug-likeness (QED) is 0.651. The first kappa shape index (κ1) is 9.88. The van der Waals surface area contributed by atoms with Gasteiger partial charge in [0, 0.05) is 19.0 Å². The number of rotatable bonds is 0. The highest BCUT2D eigenvalue weighted by atomic mass is 16.2. The number of hydrogen-bond acceptors (Lipinski definition) is 1. The lowest BCUT2D eigenvalue weighted by Crippen LogP contribution is -2.31. The van der Waals surface area contributed by atoms with Gasteiger partial charge >= 0.3 is 0 Å². The molecule has 2 nitrogen and oxygen atoms in total. The molecular formula is C14H17NO. The van der Waals surface area contributed by atoms with Crippen molar-refractivity contribution < 1.29 is 4.79 Å². The maximum absolute atomic E-state index is 11.8. The second-order valence-corrected chi connectivity index (χ2v) is 5.05. The maximum Gasteiger partial charge on any atom is 0.223 e. The third kappa shape index (κ3) is 1.44. The minimum atomic E-state index is 0.342. The zero-order chi connectivity index (χ0) is 11.1. The summed E-state index contributed by atoms with van der Waals surface area (Å²) < 4.78 is 0. The fraction of sp³-hybridized carbons (Fsp3) is 0.500. The molecule has 2 heterocycles. The molecule has 1 saturated heterocycles. The average Bonchev–Trinajstić information content (AvgIpc) is 2.56. The summed E-state index contributed by atoms with van der Waals surface area (Å²) >= 11 is 0. The van der Waals surface area contributed by atoms with Crippen molar-refractivity contribution in [2.75, 3.05) is 0 Å². The van der Waals surface area contributed by atoms with Crippen molar-refractivity contribution in [3.05, 3.63) is 35.4 Å². The van der Waals surface area contributed by atoms with Crippen molar-refractivity contribution in [3.63, 3.8) is 0 Å². The Bertz CT molecular complexity index is 426. The van der Waals surface area contributed by atoms with E-state index in [4.69, 9.17) is 0 Å². The van der Waals surface area contributed by atoms with Gasteiger partial charge in [-0.1, -0.05) is 31.2 Å². The van der Waals surface area contributed by atoms with Gasteiger partial charge < -0.3 is 4.90 Å². The van der Waals surface area contributed by atoms with Crippen LogP contribution in [0.15, 0.2) is 24.3 Å². The monoisotopic (exact) mass is 215 g/mol. The normalized spacial score (nSPS) is 28.6. The number of benzene rings is 1. The second-order valence-electron chi connectivity index (χ2n) is 5.05. The van der Waals surface area contributed by atoms with E-state index in [0.29, 0.717) is 17.9 Å². The first-order chi connectivity index (χ1) is 7.75. The molecule has 0 aromatic heterocycles. The summed E-state index contributed by atoms with van der Waals surface area (Å²) in [5.41, 5.74) is 2.78. The summed E-state index contributed by atoms with van der Waals surface area (Å²) in [6, 6.07) is 9.04. The molecule has 0 radical (unpaired) electrons. The van der Waals surface area contributed by atoms with Crippen LogP contribution in [0.1, 0.15) is 43.2 Å². The number of amides is 1. The minimum Gasteiger partial charge on any atom is -0.335 e. The lowest BCUT2D eigenvalue weighted by atomic mass is 9.92. The van der Waals surface area contributed by atoms with E-state index in [1.807, 2.05) is 0 Å². The zero-order valence-electron chi connectivity index (χ0n) is 9.65. The van der Waals surface area contributed by atoms with Crippen LogP contribution in [0.3, 0.4) is 0 Å². The molecule has 0 spiro atoms. The van der Waals surface area contributed by atoms with Gasteiger partial charge in [-0.15, -0.1) is 0 Å². The van der Waals surface area contributed by atoms with Crippen LogP contribution in [0.25, 0.3) is 0 Å². The second kappa shape index (κ2) is 3.62. The van der Waals surface area contributed by atoms with E-state index < -0.39 is 0 Å². The molecule has 0 bridgehead atoms. The van der Waals surface area contributed by atoms with Gasteiger partial charge in [0.2, 0.25) is 5.91 Å².